The number of ketones is 1. The van der Waals surface area contributed by atoms with Crippen LogP contribution in [-0.4, -0.2) is 56.4 Å². The van der Waals surface area contributed by atoms with Gasteiger partial charge in [-0.3, -0.25) is 19.6 Å². The van der Waals surface area contributed by atoms with Gasteiger partial charge in [-0.05, 0) is 50.6 Å². The number of esters is 1. The first-order chi connectivity index (χ1) is 18.7. The molecule has 3 unspecified atom stereocenters. The predicted molar refractivity (Wildman–Crippen MR) is 134 cm³/mol. The van der Waals surface area contributed by atoms with Crippen LogP contribution in [0.25, 0.3) is 0 Å². The van der Waals surface area contributed by atoms with Gasteiger partial charge in [-0.25, -0.2) is 28.3 Å². The molecule has 210 valence electrons. The summed E-state index contributed by atoms with van der Waals surface area (Å²) in [6, 6.07) is 6.03. The summed E-state index contributed by atoms with van der Waals surface area (Å²) in [4.78, 5) is 57.6. The van der Waals surface area contributed by atoms with Crippen molar-refractivity contribution in [1.82, 2.24) is 14.8 Å². The summed E-state index contributed by atoms with van der Waals surface area (Å²) in [5.74, 6) is -6.88. The van der Waals surface area contributed by atoms with Crippen LogP contribution in [0, 0.1) is 21.7 Å². The van der Waals surface area contributed by atoms with E-state index in [2.05, 4.69) is 10.1 Å². The number of benzene rings is 2. The Morgan fingerprint density at radius 3 is 2.27 bits per heavy atom. The number of anilines is 1. The number of nitro groups is 1. The molecule has 0 bridgehead atoms. The minimum absolute atomic E-state index is 0.0525. The third-order valence-corrected chi connectivity index (χ3v) is 6.31. The number of fused-ring (bicyclic) bond motifs is 1. The standard InChI is InChI=1S/C26H25F2N5O7/c1-26(2,3)40-25(36)32-17-11-15(28)10-16(24(35)39-5)19(17)21(34)20(22-29-12-30-31(22)4)18(23(32)33(37)38)13-6-8-14(27)9-7-13/h6-12,18,20,23H,1-5H3. The Kier molecular flexibility index (Phi) is 7.37. The summed E-state index contributed by atoms with van der Waals surface area (Å²) in [6.07, 6.45) is -2.27. The first-order valence-corrected chi connectivity index (χ1v) is 12.0. The lowest BCUT2D eigenvalue weighted by Crippen LogP contribution is -2.51. The van der Waals surface area contributed by atoms with Gasteiger partial charge in [-0.1, -0.05) is 12.1 Å². The van der Waals surface area contributed by atoms with Crippen molar-refractivity contribution in [2.75, 3.05) is 12.0 Å². The maximum absolute atomic E-state index is 15.0. The highest BCUT2D eigenvalue weighted by Crippen LogP contribution is 2.47. The second-order valence-electron chi connectivity index (χ2n) is 10.0. The van der Waals surface area contributed by atoms with Crippen LogP contribution in [0.3, 0.4) is 0 Å². The number of hydrogen-bond acceptors (Lipinski definition) is 9. The Bertz CT molecular complexity index is 1500. The molecule has 3 atom stereocenters. The number of aryl methyl sites for hydroxylation is 1. The Hall–Kier alpha value is -4.75. The normalized spacial score (nSPS) is 19.0. The zero-order valence-electron chi connectivity index (χ0n) is 22.1. The van der Waals surface area contributed by atoms with E-state index in [1.165, 1.54) is 44.6 Å². The second-order valence-corrected chi connectivity index (χ2v) is 10.0. The number of methoxy groups -OCH3 is 1. The van der Waals surface area contributed by atoms with Crippen LogP contribution in [0.5, 0.6) is 0 Å². The monoisotopic (exact) mass is 557 g/mol. The fraction of sp³-hybridized carbons (Fsp3) is 0.346. The summed E-state index contributed by atoms with van der Waals surface area (Å²) in [5, 5.41) is 16.8. The van der Waals surface area contributed by atoms with Crippen molar-refractivity contribution >= 4 is 23.5 Å². The average Bonchev–Trinajstić information content (AvgIpc) is 3.24. The van der Waals surface area contributed by atoms with Gasteiger partial charge in [-0.2, -0.15) is 5.10 Å². The molecule has 1 aromatic heterocycles. The molecule has 0 aliphatic carbocycles. The lowest BCUT2D eigenvalue weighted by atomic mass is 9.79. The molecule has 14 heteroatoms. The number of carbonyl (C=O) groups is 3. The second kappa shape index (κ2) is 10.4. The van der Waals surface area contributed by atoms with E-state index in [4.69, 9.17) is 9.47 Å². The van der Waals surface area contributed by atoms with E-state index in [1.54, 1.807) is 0 Å². The molecule has 2 heterocycles. The molecule has 40 heavy (non-hydrogen) atoms. The van der Waals surface area contributed by atoms with Gasteiger partial charge < -0.3 is 9.47 Å². The van der Waals surface area contributed by atoms with E-state index in [0.29, 0.717) is 4.90 Å². The molecule has 0 radical (unpaired) electrons. The first-order valence-electron chi connectivity index (χ1n) is 12.0. The summed E-state index contributed by atoms with van der Waals surface area (Å²) in [7, 11) is 2.45. The maximum atomic E-state index is 15.0. The van der Waals surface area contributed by atoms with E-state index < -0.39 is 74.8 Å². The lowest BCUT2D eigenvalue weighted by molar-refractivity contribution is -0.524. The van der Waals surface area contributed by atoms with E-state index in [-0.39, 0.29) is 11.4 Å². The molecule has 0 saturated heterocycles. The molecule has 4 rings (SSSR count). The van der Waals surface area contributed by atoms with Crippen LogP contribution in [0.1, 0.15) is 64.7 Å². The summed E-state index contributed by atoms with van der Waals surface area (Å²) >= 11 is 0. The summed E-state index contributed by atoms with van der Waals surface area (Å²) < 4.78 is 40.3. The van der Waals surface area contributed by atoms with Gasteiger partial charge in [0.15, 0.2) is 5.78 Å². The van der Waals surface area contributed by atoms with Crippen molar-refractivity contribution < 1.29 is 37.6 Å². The smallest absolute Gasteiger partial charge is 0.420 e. The van der Waals surface area contributed by atoms with Crippen molar-refractivity contribution in [2.24, 2.45) is 7.05 Å². The Balaban J connectivity index is 2.17. The van der Waals surface area contributed by atoms with Gasteiger partial charge in [0, 0.05) is 12.0 Å². The van der Waals surface area contributed by atoms with E-state index in [1.807, 2.05) is 0 Å². The zero-order chi connectivity index (χ0) is 29.5. The minimum Gasteiger partial charge on any atom is -0.465 e. The van der Waals surface area contributed by atoms with Crippen LogP contribution in [-0.2, 0) is 16.5 Å². The molecule has 1 aliphatic heterocycles. The van der Waals surface area contributed by atoms with Crippen molar-refractivity contribution in [1.29, 1.82) is 0 Å². The number of carbonyl (C=O) groups excluding carboxylic acids is 3. The number of Topliss-reactive ketones (excluding diaryl/α,β-unsaturated/α-hetero) is 1. The molecule has 1 amide bonds. The zero-order valence-corrected chi connectivity index (χ0v) is 22.1. The predicted octanol–water partition coefficient (Wildman–Crippen LogP) is 3.99. The molecule has 0 spiro atoms. The average molecular weight is 558 g/mol. The number of ether oxygens (including phenoxy) is 2. The molecule has 0 saturated carbocycles. The van der Waals surface area contributed by atoms with Crippen molar-refractivity contribution in [3.63, 3.8) is 0 Å². The Labute approximate surface area is 226 Å². The fourth-order valence-electron chi connectivity index (χ4n) is 4.76. The molecule has 1 aliphatic rings. The highest BCUT2D eigenvalue weighted by Gasteiger charge is 2.55. The molecule has 3 aromatic rings. The van der Waals surface area contributed by atoms with Gasteiger partial charge in [0.2, 0.25) is 0 Å². The molecule has 0 N–H and O–H groups in total. The highest BCUT2D eigenvalue weighted by molar-refractivity contribution is 6.15. The van der Waals surface area contributed by atoms with Crippen LogP contribution < -0.4 is 4.90 Å². The van der Waals surface area contributed by atoms with Crippen LogP contribution in [0.2, 0.25) is 0 Å². The van der Waals surface area contributed by atoms with E-state index in [0.717, 1.165) is 37.7 Å². The number of rotatable bonds is 4. The maximum Gasteiger partial charge on any atom is 0.420 e. The van der Waals surface area contributed by atoms with Gasteiger partial charge in [-0.15, -0.1) is 0 Å². The van der Waals surface area contributed by atoms with Crippen LogP contribution >= 0.6 is 0 Å². The third-order valence-electron chi connectivity index (χ3n) is 6.31. The largest absolute Gasteiger partial charge is 0.465 e. The van der Waals surface area contributed by atoms with Gasteiger partial charge >= 0.3 is 18.2 Å². The van der Waals surface area contributed by atoms with Gasteiger partial charge in [0.1, 0.15) is 29.4 Å². The number of halogens is 2. The first kappa shape index (κ1) is 28.3. The van der Waals surface area contributed by atoms with Crippen molar-refractivity contribution in [3.05, 3.63) is 87.0 Å². The topological polar surface area (TPSA) is 147 Å². The van der Waals surface area contributed by atoms with Crippen molar-refractivity contribution in [3.8, 4) is 0 Å². The van der Waals surface area contributed by atoms with E-state index >= 15 is 0 Å². The molecule has 2 aromatic carbocycles. The Morgan fingerprint density at radius 2 is 1.75 bits per heavy atom. The quantitative estimate of drug-likeness (QED) is 0.264. The molecular formula is C26H25F2N5O7. The number of aromatic nitrogens is 3. The minimum atomic E-state index is -2.11. The highest BCUT2D eigenvalue weighted by atomic mass is 19.1. The fourth-order valence-corrected chi connectivity index (χ4v) is 4.76. The lowest BCUT2D eigenvalue weighted by Gasteiger charge is -2.32. The Morgan fingerprint density at radius 1 is 1.10 bits per heavy atom. The molecular weight excluding hydrogens is 532 g/mol. The van der Waals surface area contributed by atoms with Gasteiger partial charge in [0.25, 0.3) is 0 Å². The van der Waals surface area contributed by atoms with Crippen molar-refractivity contribution in [2.45, 2.75) is 44.4 Å². The van der Waals surface area contributed by atoms with Crippen LogP contribution in [0.15, 0.2) is 42.7 Å². The molecule has 12 nitrogen and oxygen atoms in total. The number of amides is 1. The SMILES string of the molecule is COC(=O)c1cc(F)cc2c1C(=O)C(c1ncnn1C)C(c1ccc(F)cc1)C([N+](=O)[O-])N2C(=O)OC(C)(C)C. The third kappa shape index (κ3) is 5.11. The van der Waals surface area contributed by atoms with E-state index in [9.17, 15) is 33.3 Å². The number of nitrogens with zero attached hydrogens (tertiary/aromatic N) is 5. The van der Waals surface area contributed by atoms with Gasteiger partial charge in [0.05, 0.1) is 35.8 Å². The summed E-state index contributed by atoms with van der Waals surface area (Å²) in [5.41, 5.74) is -2.72. The number of hydrogen-bond donors (Lipinski definition) is 0. The molecule has 0 fully saturated rings. The van der Waals surface area contributed by atoms with Crippen LogP contribution in [0.4, 0.5) is 19.3 Å². The summed E-state index contributed by atoms with van der Waals surface area (Å²) in [6.45, 7) is 4.55.